The summed E-state index contributed by atoms with van der Waals surface area (Å²) in [7, 11) is 0. The Balaban J connectivity index is 1.54. The third kappa shape index (κ3) is 4.05. The van der Waals surface area contributed by atoms with Crippen molar-refractivity contribution in [3.05, 3.63) is 94.6 Å². The van der Waals surface area contributed by atoms with E-state index in [0.717, 1.165) is 21.5 Å². The number of thiazole rings is 1. The molecule has 1 amide bonds. The molecule has 2 aromatic heterocycles. The molecule has 0 saturated heterocycles. The highest BCUT2D eigenvalue weighted by molar-refractivity contribution is 7.22. The van der Waals surface area contributed by atoms with Gasteiger partial charge in [-0.25, -0.2) is 9.67 Å². The van der Waals surface area contributed by atoms with E-state index in [4.69, 9.17) is 23.2 Å². The van der Waals surface area contributed by atoms with E-state index in [9.17, 15) is 4.79 Å². The molecule has 5 rings (SSSR count). The van der Waals surface area contributed by atoms with E-state index < -0.39 is 0 Å². The second kappa shape index (κ2) is 8.15. The number of halogens is 2. The summed E-state index contributed by atoms with van der Waals surface area (Å²) in [5, 5.41) is 9.32. The number of nitrogens with one attached hydrogen (secondary N) is 1. The van der Waals surface area contributed by atoms with Crippen molar-refractivity contribution >= 4 is 55.8 Å². The Labute approximate surface area is 191 Å². The van der Waals surface area contributed by atoms with Crippen LogP contribution in [0.3, 0.4) is 0 Å². The Hall–Kier alpha value is -3.19. The summed E-state index contributed by atoms with van der Waals surface area (Å²) in [6.07, 6.45) is 1.72. The zero-order chi connectivity index (χ0) is 21.4. The molecule has 0 radical (unpaired) electrons. The van der Waals surface area contributed by atoms with Crippen molar-refractivity contribution in [1.29, 1.82) is 0 Å². The molecule has 0 aliphatic heterocycles. The van der Waals surface area contributed by atoms with Crippen molar-refractivity contribution in [2.24, 2.45) is 0 Å². The lowest BCUT2D eigenvalue weighted by Gasteiger charge is -2.03. The highest BCUT2D eigenvalue weighted by Gasteiger charge is 2.20. The Morgan fingerprint density at radius 1 is 0.935 bits per heavy atom. The van der Waals surface area contributed by atoms with Crippen LogP contribution in [0.1, 0.15) is 10.4 Å². The second-order valence-corrected chi connectivity index (χ2v) is 8.67. The Morgan fingerprint density at radius 2 is 1.68 bits per heavy atom. The van der Waals surface area contributed by atoms with Crippen LogP contribution in [0.15, 0.2) is 79.0 Å². The van der Waals surface area contributed by atoms with E-state index in [1.165, 1.54) is 11.3 Å². The molecule has 1 N–H and O–H groups in total. The van der Waals surface area contributed by atoms with Crippen molar-refractivity contribution in [1.82, 2.24) is 14.8 Å². The fourth-order valence-corrected chi connectivity index (χ4v) is 4.45. The predicted octanol–water partition coefficient (Wildman–Crippen LogP) is 6.71. The number of hydrogen-bond acceptors (Lipinski definition) is 4. The first-order valence-electron chi connectivity index (χ1n) is 9.35. The number of hydrogen-bond donors (Lipinski definition) is 1. The minimum atomic E-state index is -0.294. The number of para-hydroxylation sites is 1. The highest BCUT2D eigenvalue weighted by Crippen LogP contribution is 2.30. The molecule has 0 saturated carbocycles. The molecule has 5 nitrogen and oxygen atoms in total. The van der Waals surface area contributed by atoms with Crippen LogP contribution >= 0.6 is 34.5 Å². The van der Waals surface area contributed by atoms with Gasteiger partial charge in [-0.3, -0.25) is 10.1 Å². The van der Waals surface area contributed by atoms with Crippen molar-refractivity contribution in [2.75, 3.05) is 5.32 Å². The quantitative estimate of drug-likeness (QED) is 0.321. The lowest BCUT2D eigenvalue weighted by molar-refractivity contribution is 0.102. The molecule has 31 heavy (non-hydrogen) atoms. The molecular formula is C23H14Cl2N4OS. The van der Waals surface area contributed by atoms with Gasteiger partial charge in [0.25, 0.3) is 5.91 Å². The SMILES string of the molecule is O=C(Nc1nc2ccc(Cl)cc2s1)c1cn(-c2ccccc2)nc1-c1ccc(Cl)cc1. The van der Waals surface area contributed by atoms with Crippen LogP contribution in [0, 0.1) is 0 Å². The first kappa shape index (κ1) is 19.8. The van der Waals surface area contributed by atoms with E-state index in [1.54, 1.807) is 29.1 Å². The number of carbonyl (C=O) groups excluding carboxylic acids is 1. The van der Waals surface area contributed by atoms with Gasteiger partial charge in [-0.2, -0.15) is 5.10 Å². The molecule has 0 fully saturated rings. The van der Waals surface area contributed by atoms with Crippen molar-refractivity contribution in [2.45, 2.75) is 0 Å². The van der Waals surface area contributed by atoms with E-state index in [1.807, 2.05) is 54.6 Å². The number of aromatic nitrogens is 3. The lowest BCUT2D eigenvalue weighted by atomic mass is 10.1. The maximum absolute atomic E-state index is 13.2. The maximum Gasteiger partial charge on any atom is 0.261 e. The van der Waals surface area contributed by atoms with Crippen LogP contribution in [0.5, 0.6) is 0 Å². The van der Waals surface area contributed by atoms with Crippen molar-refractivity contribution < 1.29 is 4.79 Å². The number of anilines is 1. The van der Waals surface area contributed by atoms with E-state index in [0.29, 0.717) is 26.4 Å². The molecule has 0 spiro atoms. The van der Waals surface area contributed by atoms with Crippen LogP contribution in [-0.2, 0) is 0 Å². The van der Waals surface area contributed by atoms with Crippen LogP contribution in [0.4, 0.5) is 5.13 Å². The van der Waals surface area contributed by atoms with Gasteiger partial charge in [0.15, 0.2) is 5.13 Å². The summed E-state index contributed by atoms with van der Waals surface area (Å²) in [4.78, 5) is 17.7. The summed E-state index contributed by atoms with van der Waals surface area (Å²) in [6.45, 7) is 0. The molecule has 2 heterocycles. The maximum atomic E-state index is 13.2. The van der Waals surface area contributed by atoms with Gasteiger partial charge in [0.05, 0.1) is 21.5 Å². The largest absolute Gasteiger partial charge is 0.298 e. The number of benzene rings is 3. The second-order valence-electron chi connectivity index (χ2n) is 6.76. The van der Waals surface area contributed by atoms with Crippen molar-refractivity contribution in [3.63, 3.8) is 0 Å². The van der Waals surface area contributed by atoms with E-state index in [-0.39, 0.29) is 5.91 Å². The third-order valence-electron chi connectivity index (χ3n) is 4.67. The molecule has 0 unspecified atom stereocenters. The number of nitrogens with zero attached hydrogens (tertiary/aromatic N) is 3. The zero-order valence-electron chi connectivity index (χ0n) is 15.9. The molecule has 5 aromatic rings. The van der Waals surface area contributed by atoms with Gasteiger partial charge in [-0.05, 0) is 42.5 Å². The fraction of sp³-hybridized carbons (Fsp3) is 0. The van der Waals surface area contributed by atoms with Gasteiger partial charge in [0, 0.05) is 21.8 Å². The summed E-state index contributed by atoms with van der Waals surface area (Å²) < 4.78 is 2.59. The Kier molecular flexibility index (Phi) is 5.19. The van der Waals surface area contributed by atoms with E-state index >= 15 is 0 Å². The van der Waals surface area contributed by atoms with Crippen molar-refractivity contribution in [3.8, 4) is 16.9 Å². The molecule has 0 bridgehead atoms. The smallest absolute Gasteiger partial charge is 0.261 e. The van der Waals surface area contributed by atoms with Gasteiger partial charge in [0.2, 0.25) is 0 Å². The molecule has 3 aromatic carbocycles. The van der Waals surface area contributed by atoms with Crippen LogP contribution in [0.2, 0.25) is 10.0 Å². The lowest BCUT2D eigenvalue weighted by Crippen LogP contribution is -2.12. The summed E-state index contributed by atoms with van der Waals surface area (Å²) in [6, 6.07) is 22.3. The normalized spacial score (nSPS) is 11.0. The average molecular weight is 465 g/mol. The number of carbonyl (C=O) groups is 1. The summed E-state index contributed by atoms with van der Waals surface area (Å²) in [5.41, 5.74) is 3.42. The van der Waals surface area contributed by atoms with Gasteiger partial charge >= 0.3 is 0 Å². The predicted molar refractivity (Wildman–Crippen MR) is 127 cm³/mol. The van der Waals surface area contributed by atoms with Gasteiger partial charge < -0.3 is 0 Å². The van der Waals surface area contributed by atoms with Crippen LogP contribution < -0.4 is 5.32 Å². The zero-order valence-corrected chi connectivity index (χ0v) is 18.2. The standard InChI is InChI=1S/C23H14Cl2N4OS/c24-15-8-6-14(7-9-15)21-18(13-29(28-21)17-4-2-1-3-5-17)22(30)27-23-26-19-11-10-16(25)12-20(19)31-23/h1-13H,(H,26,27,30). The Morgan fingerprint density at radius 3 is 2.45 bits per heavy atom. The Bertz CT molecular complexity index is 1390. The number of amides is 1. The van der Waals surface area contributed by atoms with Crippen LogP contribution in [-0.4, -0.2) is 20.7 Å². The summed E-state index contributed by atoms with van der Waals surface area (Å²) in [5.74, 6) is -0.294. The average Bonchev–Trinajstić information content (AvgIpc) is 3.39. The molecule has 0 atom stereocenters. The molecule has 8 heteroatoms. The fourth-order valence-electron chi connectivity index (χ4n) is 3.19. The van der Waals surface area contributed by atoms with Crippen LogP contribution in [0.25, 0.3) is 27.2 Å². The van der Waals surface area contributed by atoms with Gasteiger partial charge in [-0.15, -0.1) is 0 Å². The molecule has 0 aliphatic carbocycles. The number of rotatable bonds is 4. The summed E-state index contributed by atoms with van der Waals surface area (Å²) >= 11 is 13.5. The first-order chi connectivity index (χ1) is 15.1. The number of fused-ring (bicyclic) bond motifs is 1. The molecule has 152 valence electrons. The monoisotopic (exact) mass is 464 g/mol. The minimum absolute atomic E-state index is 0.294. The topological polar surface area (TPSA) is 59.8 Å². The van der Waals surface area contributed by atoms with Gasteiger partial charge in [-0.1, -0.05) is 64.9 Å². The molecule has 0 aliphatic rings. The minimum Gasteiger partial charge on any atom is -0.298 e. The first-order valence-corrected chi connectivity index (χ1v) is 10.9. The third-order valence-corrected chi connectivity index (χ3v) is 6.09. The highest BCUT2D eigenvalue weighted by atomic mass is 35.5. The van der Waals surface area contributed by atoms with E-state index in [2.05, 4.69) is 15.4 Å². The van der Waals surface area contributed by atoms with Gasteiger partial charge in [0.1, 0.15) is 5.69 Å². The molecular weight excluding hydrogens is 451 g/mol.